The Labute approximate surface area is 181 Å². The fourth-order valence-electron chi connectivity index (χ4n) is 5.48. The minimum absolute atomic E-state index is 0.693. The third kappa shape index (κ3) is 2.72. The van der Waals surface area contributed by atoms with E-state index in [1.54, 1.807) is 28.4 Å². The van der Waals surface area contributed by atoms with E-state index in [1.807, 2.05) is 12.1 Å². The number of benzene rings is 3. The molecule has 1 saturated heterocycles. The highest BCUT2D eigenvalue weighted by Gasteiger charge is 2.44. The topological polar surface area (TPSA) is 59.2 Å². The second-order valence-electron chi connectivity index (χ2n) is 8.31. The highest BCUT2D eigenvalue weighted by molar-refractivity contribution is 6.12. The van der Waals surface area contributed by atoms with Crippen molar-refractivity contribution in [2.24, 2.45) is 0 Å². The highest BCUT2D eigenvalue weighted by Crippen LogP contribution is 2.49. The number of quaternary nitrogens is 1. The van der Waals surface area contributed by atoms with Gasteiger partial charge in [0.1, 0.15) is 18.8 Å². The van der Waals surface area contributed by atoms with Crippen LogP contribution in [-0.2, 0) is 13.1 Å². The first kappa shape index (κ1) is 19.7. The average Bonchev–Trinajstić information content (AvgIpc) is 3.40. The number of ether oxygens (including phenoxy) is 4. The molecule has 0 atom stereocenters. The van der Waals surface area contributed by atoms with Crippen molar-refractivity contribution in [1.29, 1.82) is 0 Å². The molecule has 0 bridgehead atoms. The van der Waals surface area contributed by atoms with E-state index < -0.39 is 0 Å². The van der Waals surface area contributed by atoms with Crippen molar-refractivity contribution in [1.82, 2.24) is 0 Å². The molecule has 0 saturated carbocycles. The Morgan fingerprint density at radius 3 is 1.52 bits per heavy atom. The average molecular weight is 418 g/mol. The van der Waals surface area contributed by atoms with Crippen LogP contribution < -0.4 is 18.9 Å². The summed E-state index contributed by atoms with van der Waals surface area (Å²) in [6.07, 6.45) is 1.94. The molecule has 3 aromatic carbocycles. The van der Waals surface area contributed by atoms with Gasteiger partial charge in [-0.2, -0.15) is 0 Å². The summed E-state index contributed by atoms with van der Waals surface area (Å²) in [4.78, 5) is 0. The number of methoxy groups -OCH3 is 4. The standard InChI is InChI=1S/C25H26N2O4/c1-28-22-8-16-17-9-23(29-2)25(31-4)11-19(17)21-14-27(7-5-6-15(27)12-26)13-20(21)18(16)10-24(22)30-3/h8-11H,5-7,13-14H2,1-4H3. The molecule has 0 unspecified atom stereocenters. The predicted octanol–water partition coefficient (Wildman–Crippen LogP) is 4.77. The van der Waals surface area contributed by atoms with Crippen molar-refractivity contribution in [3.8, 4) is 23.0 Å². The Morgan fingerprint density at radius 1 is 0.710 bits per heavy atom. The molecule has 1 spiro atoms. The molecule has 0 radical (unpaired) electrons. The largest absolute Gasteiger partial charge is 0.759 e. The van der Waals surface area contributed by atoms with Crippen LogP contribution in [0.25, 0.3) is 27.0 Å². The Hall–Kier alpha value is -3.21. The zero-order valence-electron chi connectivity index (χ0n) is 18.4. The summed E-state index contributed by atoms with van der Waals surface area (Å²) in [6.45, 7) is 2.66. The van der Waals surface area contributed by atoms with Crippen molar-refractivity contribution in [3.63, 3.8) is 0 Å². The summed E-state index contributed by atoms with van der Waals surface area (Å²) in [7, 11) is 6.63. The van der Waals surface area contributed by atoms with Crippen LogP contribution in [0, 0.1) is 0 Å². The molecule has 31 heavy (non-hydrogen) atoms. The third-order valence-corrected chi connectivity index (χ3v) is 6.98. The van der Waals surface area contributed by atoms with Gasteiger partial charge in [0.2, 0.25) is 0 Å². The van der Waals surface area contributed by atoms with Gasteiger partial charge in [-0.05, 0) is 45.8 Å². The van der Waals surface area contributed by atoms with E-state index in [4.69, 9.17) is 18.9 Å². The van der Waals surface area contributed by atoms with Crippen LogP contribution in [0.15, 0.2) is 30.0 Å². The van der Waals surface area contributed by atoms with Crippen LogP contribution in [0.2, 0.25) is 0 Å². The molecule has 2 heterocycles. The highest BCUT2D eigenvalue weighted by atomic mass is 16.5. The minimum Gasteiger partial charge on any atom is -0.759 e. The van der Waals surface area contributed by atoms with E-state index in [1.165, 1.54) is 11.1 Å². The summed E-state index contributed by atoms with van der Waals surface area (Å²) in [5.74, 6) is 5.31. The van der Waals surface area contributed by atoms with Crippen LogP contribution in [0.1, 0.15) is 24.0 Å². The lowest BCUT2D eigenvalue weighted by molar-refractivity contribution is -0.901. The molecule has 0 amide bonds. The number of rotatable bonds is 4. The molecule has 6 nitrogen and oxygen atoms in total. The SMILES string of the molecule is COc1cc2c3c(c4cc(OC)c(OC)cc4c2cc1OC)C[N+]1(CCCC1=C=[N-])C3. The monoisotopic (exact) mass is 418 g/mol. The van der Waals surface area contributed by atoms with Gasteiger partial charge in [-0.1, -0.05) is 0 Å². The van der Waals surface area contributed by atoms with Crippen molar-refractivity contribution >= 4 is 27.4 Å². The number of fused-ring (bicyclic) bond motifs is 6. The lowest BCUT2D eigenvalue weighted by Crippen LogP contribution is -2.37. The first-order valence-corrected chi connectivity index (χ1v) is 10.5. The maximum absolute atomic E-state index is 9.82. The summed E-state index contributed by atoms with van der Waals surface area (Å²) in [5, 5.41) is 14.3. The van der Waals surface area contributed by atoms with E-state index in [0.717, 1.165) is 64.2 Å². The maximum atomic E-state index is 9.82. The predicted molar refractivity (Wildman–Crippen MR) is 121 cm³/mol. The van der Waals surface area contributed by atoms with E-state index >= 15 is 0 Å². The molecule has 0 aromatic heterocycles. The molecule has 2 aliphatic rings. The molecular formula is C25H26N2O4. The van der Waals surface area contributed by atoms with Gasteiger partial charge in [-0.25, -0.2) is 5.87 Å². The van der Waals surface area contributed by atoms with Crippen molar-refractivity contribution in [2.45, 2.75) is 25.9 Å². The van der Waals surface area contributed by atoms with Crippen molar-refractivity contribution < 1.29 is 23.4 Å². The van der Waals surface area contributed by atoms with Gasteiger partial charge >= 0.3 is 0 Å². The van der Waals surface area contributed by atoms with Gasteiger partial charge in [0.05, 0.1) is 35.0 Å². The van der Waals surface area contributed by atoms with Gasteiger partial charge in [0, 0.05) is 24.0 Å². The molecule has 0 aliphatic carbocycles. The number of hydrogen-bond donors (Lipinski definition) is 0. The molecule has 5 rings (SSSR count). The first-order chi connectivity index (χ1) is 15.1. The summed E-state index contributed by atoms with van der Waals surface area (Å²) >= 11 is 0. The number of allylic oxidation sites excluding steroid dienone is 1. The normalized spacial score (nSPS) is 16.6. The van der Waals surface area contributed by atoms with Crippen molar-refractivity contribution in [3.05, 3.63) is 46.5 Å². The number of hydrogen-bond acceptors (Lipinski definition) is 4. The van der Waals surface area contributed by atoms with Crippen LogP contribution in [-0.4, -0.2) is 45.3 Å². The molecule has 2 aliphatic heterocycles. The fraction of sp³-hybridized carbons (Fsp3) is 0.360. The quantitative estimate of drug-likeness (QED) is 0.348. The van der Waals surface area contributed by atoms with Gasteiger partial charge in [-0.15, -0.1) is 0 Å². The third-order valence-electron chi connectivity index (χ3n) is 6.98. The van der Waals surface area contributed by atoms with Gasteiger partial charge < -0.3 is 24.4 Å². The number of nitrogens with zero attached hydrogens (tertiary/aromatic N) is 2. The first-order valence-electron chi connectivity index (χ1n) is 10.5. The smallest absolute Gasteiger partial charge is 0.161 e. The van der Waals surface area contributed by atoms with E-state index in [9.17, 15) is 5.41 Å². The van der Waals surface area contributed by atoms with Gasteiger partial charge in [0.15, 0.2) is 23.0 Å². The molecule has 160 valence electrons. The summed E-state index contributed by atoms with van der Waals surface area (Å²) < 4.78 is 23.2. The summed E-state index contributed by atoms with van der Waals surface area (Å²) in [6, 6.07) is 8.24. The maximum Gasteiger partial charge on any atom is 0.161 e. The zero-order valence-corrected chi connectivity index (χ0v) is 18.4. The second-order valence-corrected chi connectivity index (χ2v) is 8.31. The molecule has 3 aromatic rings. The Morgan fingerprint density at radius 2 is 1.13 bits per heavy atom. The van der Waals surface area contributed by atoms with Crippen LogP contribution in [0.4, 0.5) is 0 Å². The second kappa shape index (κ2) is 7.19. The molecular weight excluding hydrogens is 392 g/mol. The van der Waals surface area contributed by atoms with Gasteiger partial charge in [0.25, 0.3) is 0 Å². The van der Waals surface area contributed by atoms with Crippen LogP contribution >= 0.6 is 0 Å². The van der Waals surface area contributed by atoms with E-state index in [-0.39, 0.29) is 0 Å². The zero-order chi connectivity index (χ0) is 21.8. The lowest BCUT2D eigenvalue weighted by atomic mass is 9.92. The van der Waals surface area contributed by atoms with Crippen LogP contribution in [0.5, 0.6) is 23.0 Å². The Bertz CT molecular complexity index is 1190. The van der Waals surface area contributed by atoms with E-state index in [0.29, 0.717) is 23.0 Å². The Kier molecular flexibility index (Phi) is 4.58. The van der Waals surface area contributed by atoms with E-state index in [2.05, 4.69) is 18.0 Å². The molecule has 0 N–H and O–H groups in total. The fourth-order valence-corrected chi connectivity index (χ4v) is 5.48. The van der Waals surface area contributed by atoms with Crippen LogP contribution in [0.3, 0.4) is 0 Å². The minimum atomic E-state index is 0.693. The molecule has 6 heteroatoms. The van der Waals surface area contributed by atoms with Crippen molar-refractivity contribution in [2.75, 3.05) is 35.0 Å². The molecule has 1 fully saturated rings. The summed E-state index contributed by atoms with van der Waals surface area (Å²) in [5.41, 5.74) is 3.55. The van der Waals surface area contributed by atoms with Gasteiger partial charge in [-0.3, -0.25) is 4.48 Å². The Balaban J connectivity index is 1.90. The lowest BCUT2D eigenvalue weighted by Gasteiger charge is -2.29.